The van der Waals surface area contributed by atoms with Crippen molar-refractivity contribution in [3.05, 3.63) is 76.4 Å². The van der Waals surface area contributed by atoms with Gasteiger partial charge in [0.15, 0.2) is 0 Å². The van der Waals surface area contributed by atoms with Gasteiger partial charge < -0.3 is 4.42 Å². The van der Waals surface area contributed by atoms with Crippen LogP contribution >= 0.6 is 11.3 Å². The zero-order valence-corrected chi connectivity index (χ0v) is 17.5. The van der Waals surface area contributed by atoms with Crippen LogP contribution in [0.4, 0.5) is 0 Å². The Morgan fingerprint density at radius 1 is 1.07 bits per heavy atom. The van der Waals surface area contributed by atoms with Crippen LogP contribution in [0.25, 0.3) is 0 Å². The van der Waals surface area contributed by atoms with Gasteiger partial charge in [-0.3, -0.25) is 0 Å². The fourth-order valence-corrected chi connectivity index (χ4v) is 4.96. The van der Waals surface area contributed by atoms with Crippen LogP contribution in [0, 0.1) is 0 Å². The zero-order chi connectivity index (χ0) is 19.5. The first-order chi connectivity index (χ1) is 12.8. The number of hydrogen-bond donors (Lipinski definition) is 0. The molecule has 144 valence electrons. The summed E-state index contributed by atoms with van der Waals surface area (Å²) in [5, 5.41) is 2.01. The molecule has 0 bridgehead atoms. The molecule has 2 aromatic heterocycles. The van der Waals surface area contributed by atoms with E-state index in [-0.39, 0.29) is 5.41 Å². The molecule has 0 N–H and O–H groups in total. The number of sulfonamides is 1. The molecule has 3 rings (SSSR count). The van der Waals surface area contributed by atoms with Gasteiger partial charge >= 0.3 is 0 Å². The van der Waals surface area contributed by atoms with Crippen molar-refractivity contribution in [2.45, 2.75) is 44.0 Å². The molecule has 0 fully saturated rings. The fourth-order valence-electron chi connectivity index (χ4n) is 2.84. The molecule has 0 spiro atoms. The first-order valence-electron chi connectivity index (χ1n) is 8.91. The van der Waals surface area contributed by atoms with Crippen molar-refractivity contribution in [1.82, 2.24) is 4.31 Å². The molecule has 3 aromatic rings. The van der Waals surface area contributed by atoms with E-state index in [2.05, 4.69) is 20.8 Å². The third kappa shape index (κ3) is 4.89. The molecular formula is C21H25NO3S2. The Morgan fingerprint density at radius 3 is 2.37 bits per heavy atom. The summed E-state index contributed by atoms with van der Waals surface area (Å²) in [5.74, 6) is 0. The molecule has 0 radical (unpaired) electrons. The lowest BCUT2D eigenvalue weighted by atomic mass is 9.87. The number of thiophene rings is 1. The lowest BCUT2D eigenvalue weighted by molar-refractivity contribution is 0.408. The van der Waals surface area contributed by atoms with Crippen LogP contribution in [0.3, 0.4) is 0 Å². The molecule has 1 aromatic carbocycles. The molecule has 6 heteroatoms. The van der Waals surface area contributed by atoms with Gasteiger partial charge in [-0.2, -0.15) is 4.31 Å². The quantitative estimate of drug-likeness (QED) is 0.553. The number of benzene rings is 1. The molecule has 0 saturated carbocycles. The van der Waals surface area contributed by atoms with Crippen LogP contribution in [-0.2, 0) is 28.4 Å². The van der Waals surface area contributed by atoms with E-state index in [1.807, 2.05) is 29.6 Å². The van der Waals surface area contributed by atoms with Crippen molar-refractivity contribution < 1.29 is 12.8 Å². The van der Waals surface area contributed by atoms with Crippen molar-refractivity contribution in [2.75, 3.05) is 6.54 Å². The normalized spacial score (nSPS) is 12.6. The van der Waals surface area contributed by atoms with Crippen LogP contribution < -0.4 is 0 Å². The fraction of sp³-hybridized carbons (Fsp3) is 0.333. The zero-order valence-electron chi connectivity index (χ0n) is 15.9. The predicted molar refractivity (Wildman–Crippen MR) is 109 cm³/mol. The van der Waals surface area contributed by atoms with Crippen LogP contribution in [0.5, 0.6) is 0 Å². The molecule has 0 aliphatic carbocycles. The van der Waals surface area contributed by atoms with E-state index >= 15 is 0 Å². The summed E-state index contributed by atoms with van der Waals surface area (Å²) < 4.78 is 33.2. The maximum atomic E-state index is 13.3. The van der Waals surface area contributed by atoms with Crippen LogP contribution in [0.2, 0.25) is 0 Å². The van der Waals surface area contributed by atoms with Crippen molar-refractivity contribution >= 4 is 21.4 Å². The van der Waals surface area contributed by atoms with Crippen LogP contribution in [0.15, 0.2) is 69.7 Å². The average molecular weight is 404 g/mol. The molecule has 27 heavy (non-hydrogen) atoms. The second-order valence-electron chi connectivity index (χ2n) is 7.57. The summed E-state index contributed by atoms with van der Waals surface area (Å²) in [6.45, 7) is 7.06. The molecule has 0 amide bonds. The maximum absolute atomic E-state index is 13.3. The third-order valence-electron chi connectivity index (χ3n) is 4.48. The SMILES string of the molecule is CC(C)(C)c1ccc(S(=O)(=O)N(CCc2cccs2)Cc2ccoc2)cc1. The largest absolute Gasteiger partial charge is 0.472 e. The second-order valence-corrected chi connectivity index (χ2v) is 10.5. The lowest BCUT2D eigenvalue weighted by Gasteiger charge is -2.23. The monoisotopic (exact) mass is 403 g/mol. The highest BCUT2D eigenvalue weighted by molar-refractivity contribution is 7.89. The summed E-state index contributed by atoms with van der Waals surface area (Å²) in [4.78, 5) is 1.50. The van der Waals surface area contributed by atoms with Gasteiger partial charge in [-0.1, -0.05) is 39.0 Å². The van der Waals surface area contributed by atoms with E-state index in [4.69, 9.17) is 4.42 Å². The lowest BCUT2D eigenvalue weighted by Crippen LogP contribution is -2.32. The van der Waals surface area contributed by atoms with Gasteiger partial charge in [0.1, 0.15) is 0 Å². The van der Waals surface area contributed by atoms with Gasteiger partial charge in [0.05, 0.1) is 17.4 Å². The second kappa shape index (κ2) is 8.00. The standard InChI is InChI=1S/C21H25NO3S2/c1-21(2,3)18-6-8-20(9-7-18)27(23,24)22(15-17-11-13-25-16-17)12-10-19-5-4-14-26-19/h4-9,11,13-14,16H,10,12,15H2,1-3H3. The smallest absolute Gasteiger partial charge is 0.243 e. The van der Waals surface area contributed by atoms with Crippen molar-refractivity contribution in [3.63, 3.8) is 0 Å². The summed E-state index contributed by atoms with van der Waals surface area (Å²) in [6, 6.07) is 13.1. The Balaban J connectivity index is 1.86. The molecule has 0 aliphatic heterocycles. The van der Waals surface area contributed by atoms with Crippen LogP contribution in [-0.4, -0.2) is 19.3 Å². The van der Waals surface area contributed by atoms with Crippen molar-refractivity contribution in [3.8, 4) is 0 Å². The first kappa shape index (κ1) is 19.9. The molecule has 0 atom stereocenters. The summed E-state index contributed by atoms with van der Waals surface area (Å²) >= 11 is 1.64. The minimum absolute atomic E-state index is 0.0159. The van der Waals surface area contributed by atoms with Gasteiger partial charge in [0.2, 0.25) is 10.0 Å². The van der Waals surface area contributed by atoms with E-state index < -0.39 is 10.0 Å². The molecule has 4 nitrogen and oxygen atoms in total. The Kier molecular flexibility index (Phi) is 5.89. The number of rotatable bonds is 7. The number of hydrogen-bond acceptors (Lipinski definition) is 4. The number of nitrogens with zero attached hydrogens (tertiary/aromatic N) is 1. The van der Waals surface area contributed by atoms with Gasteiger partial charge in [-0.15, -0.1) is 11.3 Å². The van der Waals surface area contributed by atoms with Gasteiger partial charge in [-0.25, -0.2) is 8.42 Å². The van der Waals surface area contributed by atoms with Gasteiger partial charge in [0.25, 0.3) is 0 Å². The Morgan fingerprint density at radius 2 is 1.81 bits per heavy atom. The Hall–Kier alpha value is -1.89. The van der Waals surface area contributed by atoms with Crippen LogP contribution in [0.1, 0.15) is 36.8 Å². The van der Waals surface area contributed by atoms with E-state index in [1.165, 1.54) is 9.18 Å². The summed E-state index contributed by atoms with van der Waals surface area (Å²) in [7, 11) is -3.60. The predicted octanol–water partition coefficient (Wildman–Crippen LogP) is 5.07. The highest BCUT2D eigenvalue weighted by Crippen LogP contribution is 2.25. The van der Waals surface area contributed by atoms with E-state index in [0.29, 0.717) is 24.4 Å². The topological polar surface area (TPSA) is 50.5 Å². The highest BCUT2D eigenvalue weighted by atomic mass is 32.2. The van der Waals surface area contributed by atoms with Gasteiger partial charge in [0, 0.05) is 23.5 Å². The average Bonchev–Trinajstić information content (AvgIpc) is 3.31. The maximum Gasteiger partial charge on any atom is 0.243 e. The Bertz CT molecular complexity index is 936. The molecule has 0 aliphatic rings. The molecule has 2 heterocycles. The first-order valence-corrected chi connectivity index (χ1v) is 11.2. The minimum atomic E-state index is -3.60. The molecule has 0 saturated heterocycles. The summed E-state index contributed by atoms with van der Waals surface area (Å²) in [6.07, 6.45) is 3.85. The van der Waals surface area contributed by atoms with Crippen molar-refractivity contribution in [1.29, 1.82) is 0 Å². The molecule has 0 unspecified atom stereocenters. The van der Waals surface area contributed by atoms with E-state index in [1.54, 1.807) is 42.1 Å². The van der Waals surface area contributed by atoms with Crippen molar-refractivity contribution in [2.24, 2.45) is 0 Å². The van der Waals surface area contributed by atoms with E-state index in [9.17, 15) is 8.42 Å². The number of furan rings is 1. The minimum Gasteiger partial charge on any atom is -0.472 e. The van der Waals surface area contributed by atoms with Gasteiger partial charge in [-0.05, 0) is 47.0 Å². The molecular weight excluding hydrogens is 378 g/mol. The summed E-state index contributed by atoms with van der Waals surface area (Å²) in [5.41, 5.74) is 1.94. The third-order valence-corrected chi connectivity index (χ3v) is 7.28. The Labute approximate surface area is 165 Å². The van der Waals surface area contributed by atoms with E-state index in [0.717, 1.165) is 11.1 Å². The highest BCUT2D eigenvalue weighted by Gasteiger charge is 2.25.